The maximum atomic E-state index is 15.1. The second-order valence-electron chi connectivity index (χ2n) is 25.2. The zero-order chi connectivity index (χ0) is 63.5. The number of carbonyl (C=O) groups excluding carboxylic acids is 3. The molecule has 1 aromatic heterocycles. The Morgan fingerprint density at radius 3 is 2.13 bits per heavy atom. The number of aromatic nitrogens is 3. The van der Waals surface area contributed by atoms with Crippen LogP contribution >= 0.6 is 0 Å². The number of halogens is 1. The van der Waals surface area contributed by atoms with Crippen molar-refractivity contribution >= 4 is 27.6 Å². The molecule has 2 aromatic carbocycles. The SMILES string of the molecule is CC[C@H]1OC(=O)[C@H](C)[C@@H](O[C@H]2C[C@@](C)(OC)[C@@H](O)[C@H](C)O2)[C@H](C)[C@@H](O[C@@H]2O[C@H](C)C[C@H](N(C)CCc3cn([C@@H](CF)[C@H](OC)c4ccc(S(=O)(=O)CCN5C(=O)c6ccccc6C5=O)cc4)nn3)[C@H]2O)[C@](C)(O)C[C@@H](C)CN(C)[C@H](C)[C@@H](O)[C@]1(C)O. The standard InChI is InChI=1S/C61H93FN6O17S/c1-15-47-61(10,76)52(70)38(6)66(12)32-34(2)29-59(8,75)54(36(4)50(37(5)57(74)83-47)84-48-30-60(9,80-14)53(71)39(7)82-48)85-58-49(69)45(28-35(3)81-58)65(11)25-24-41-33-68(64-63-41)46(31-62)51(79-13)40-20-22-42(23-21-40)86(77,78)27-26-67-55(72)43-18-16-17-19-44(43)56(67)73/h16-23,33-39,45-54,58,69-71,75-76H,15,24-32H2,1-14H3/t34-,35-,36+,37-,38-,39+,45+,46+,47-,48+,49-,50+,51-,52-,53+,54-,58+,59-,60-,61-/m1/s1. The molecule has 0 aliphatic carbocycles. The molecule has 4 aliphatic rings. The van der Waals surface area contributed by atoms with Crippen molar-refractivity contribution in [1.82, 2.24) is 29.7 Å². The Morgan fingerprint density at radius 1 is 0.895 bits per heavy atom. The molecule has 0 radical (unpaired) electrons. The van der Waals surface area contributed by atoms with Crippen molar-refractivity contribution in [2.24, 2.45) is 17.8 Å². The molecule has 23 nitrogen and oxygen atoms in total. The van der Waals surface area contributed by atoms with E-state index >= 15 is 4.39 Å². The summed E-state index contributed by atoms with van der Waals surface area (Å²) < 4.78 is 87.5. The van der Waals surface area contributed by atoms with Crippen LogP contribution in [0.15, 0.2) is 59.6 Å². The van der Waals surface area contributed by atoms with Gasteiger partial charge in [-0.3, -0.25) is 19.3 Å². The van der Waals surface area contributed by atoms with Gasteiger partial charge in [-0.25, -0.2) is 17.5 Å². The Kier molecular flexibility index (Phi) is 22.6. The number of aliphatic hydroxyl groups excluding tert-OH is 3. The van der Waals surface area contributed by atoms with Crippen molar-refractivity contribution in [3.05, 3.63) is 77.1 Å². The summed E-state index contributed by atoms with van der Waals surface area (Å²) >= 11 is 0. The number of methoxy groups -OCH3 is 2. The number of ether oxygens (including phenoxy) is 7. The molecule has 482 valence electrons. The average molecular weight is 1230 g/mol. The van der Waals surface area contributed by atoms with Gasteiger partial charge in [0.2, 0.25) is 0 Å². The van der Waals surface area contributed by atoms with Gasteiger partial charge in [0, 0.05) is 70.9 Å². The van der Waals surface area contributed by atoms with Crippen LogP contribution < -0.4 is 0 Å². The van der Waals surface area contributed by atoms with Gasteiger partial charge in [-0.15, -0.1) is 5.10 Å². The normalized spacial score (nSPS) is 36.3. The third-order valence-electron chi connectivity index (χ3n) is 18.5. The van der Waals surface area contributed by atoms with Crippen molar-refractivity contribution in [1.29, 1.82) is 0 Å². The van der Waals surface area contributed by atoms with Crippen LogP contribution in [0, 0.1) is 17.8 Å². The third-order valence-corrected chi connectivity index (χ3v) is 20.2. The molecule has 5 heterocycles. The minimum Gasteiger partial charge on any atom is -0.459 e. The zero-order valence-electron chi connectivity index (χ0n) is 52.2. The average Bonchev–Trinajstić information content (AvgIpc) is 2.63. The summed E-state index contributed by atoms with van der Waals surface area (Å²) in [6.45, 7) is 16.6. The highest BCUT2D eigenvalue weighted by molar-refractivity contribution is 7.91. The lowest BCUT2D eigenvalue weighted by atomic mass is 9.77. The lowest BCUT2D eigenvalue weighted by molar-refractivity contribution is -0.318. The summed E-state index contributed by atoms with van der Waals surface area (Å²) in [5.41, 5.74) is -3.30. The maximum absolute atomic E-state index is 15.1. The van der Waals surface area contributed by atoms with E-state index in [1.807, 2.05) is 30.7 Å². The number of amides is 2. The summed E-state index contributed by atoms with van der Waals surface area (Å²) in [6.07, 6.45) is -9.07. The molecule has 4 aliphatic heterocycles. The first-order chi connectivity index (χ1) is 40.3. The van der Waals surface area contributed by atoms with Gasteiger partial charge in [-0.1, -0.05) is 50.3 Å². The van der Waals surface area contributed by atoms with Gasteiger partial charge < -0.3 is 68.5 Å². The van der Waals surface area contributed by atoms with E-state index in [1.165, 1.54) is 62.2 Å². The fourth-order valence-corrected chi connectivity index (χ4v) is 14.4. The number of nitrogens with zero attached hydrogens (tertiary/aromatic N) is 6. The monoisotopic (exact) mass is 1230 g/mol. The van der Waals surface area contributed by atoms with Gasteiger partial charge in [-0.2, -0.15) is 0 Å². The number of esters is 1. The first-order valence-corrected chi connectivity index (χ1v) is 31.5. The van der Waals surface area contributed by atoms with Crippen LogP contribution in [-0.2, 0) is 54.2 Å². The molecule has 3 fully saturated rings. The lowest BCUT2D eigenvalue weighted by Crippen LogP contribution is -2.61. The van der Waals surface area contributed by atoms with Crippen LogP contribution in [0.25, 0.3) is 0 Å². The molecular weight excluding hydrogens is 1140 g/mol. The summed E-state index contributed by atoms with van der Waals surface area (Å²) in [6, 6.07) is 9.88. The second-order valence-corrected chi connectivity index (χ2v) is 27.3. The van der Waals surface area contributed by atoms with E-state index < -0.39 is 154 Å². The molecule has 3 saturated heterocycles. The van der Waals surface area contributed by atoms with Gasteiger partial charge in [-0.05, 0) is 118 Å². The first kappa shape index (κ1) is 69.0. The number of carbonyl (C=O) groups is 3. The molecule has 5 N–H and O–H groups in total. The van der Waals surface area contributed by atoms with Gasteiger partial charge in [0.15, 0.2) is 22.4 Å². The second kappa shape index (κ2) is 28.2. The topological polar surface area (TPSA) is 292 Å². The molecular formula is C61H93FN6O17S. The van der Waals surface area contributed by atoms with Gasteiger partial charge in [0.1, 0.15) is 48.8 Å². The third kappa shape index (κ3) is 14.9. The lowest BCUT2D eigenvalue weighted by Gasteiger charge is -2.49. The number of alkyl halides is 1. The van der Waals surface area contributed by atoms with Crippen LogP contribution in [0.2, 0.25) is 0 Å². The highest BCUT2D eigenvalue weighted by atomic mass is 32.2. The number of hydrogen-bond donors (Lipinski definition) is 5. The minimum absolute atomic E-state index is 0.0538. The van der Waals surface area contributed by atoms with E-state index in [0.717, 1.165) is 4.90 Å². The number of rotatable bonds is 19. The Hall–Kier alpha value is -4.45. The number of cyclic esters (lactones) is 1. The largest absolute Gasteiger partial charge is 0.459 e. The van der Waals surface area contributed by atoms with Crippen molar-refractivity contribution in [3.8, 4) is 0 Å². The van der Waals surface area contributed by atoms with E-state index in [-0.39, 0.29) is 47.7 Å². The van der Waals surface area contributed by atoms with Crippen molar-refractivity contribution in [3.63, 3.8) is 0 Å². The maximum Gasteiger partial charge on any atom is 0.311 e. The van der Waals surface area contributed by atoms with Crippen molar-refractivity contribution < 1.29 is 85.9 Å². The molecule has 25 heteroatoms. The Morgan fingerprint density at radius 2 is 1.53 bits per heavy atom. The summed E-state index contributed by atoms with van der Waals surface area (Å²) in [5.74, 6) is -4.65. The number of likely N-dealkylation sites (N-methyl/N-ethyl adjacent to an activating group) is 2. The predicted molar refractivity (Wildman–Crippen MR) is 312 cm³/mol. The molecule has 2 amide bonds. The van der Waals surface area contributed by atoms with E-state index in [0.29, 0.717) is 37.2 Å². The highest BCUT2D eigenvalue weighted by Crippen LogP contribution is 2.41. The van der Waals surface area contributed by atoms with Crippen LogP contribution in [-0.4, -0.2) is 232 Å². The summed E-state index contributed by atoms with van der Waals surface area (Å²) in [5, 5.41) is 68.7. The van der Waals surface area contributed by atoms with Crippen molar-refractivity contribution in [2.75, 3.05) is 60.4 Å². The molecule has 0 saturated carbocycles. The molecule has 86 heavy (non-hydrogen) atoms. The number of fused-ring (bicyclic) bond motifs is 1. The van der Waals surface area contributed by atoms with Crippen molar-refractivity contribution in [2.45, 2.75) is 209 Å². The van der Waals surface area contributed by atoms with E-state index in [9.17, 15) is 48.3 Å². The van der Waals surface area contributed by atoms with Crippen LogP contribution in [0.3, 0.4) is 0 Å². The van der Waals surface area contributed by atoms with E-state index in [1.54, 1.807) is 73.8 Å². The fourth-order valence-electron chi connectivity index (χ4n) is 13.1. The smallest absolute Gasteiger partial charge is 0.311 e. The Labute approximate surface area is 505 Å². The highest BCUT2D eigenvalue weighted by Gasteiger charge is 2.53. The Bertz CT molecular complexity index is 2850. The molecule has 7 rings (SSSR count). The molecule has 0 unspecified atom stereocenters. The van der Waals surface area contributed by atoms with Crippen LogP contribution in [0.4, 0.5) is 4.39 Å². The molecule has 0 bridgehead atoms. The zero-order valence-corrected chi connectivity index (χ0v) is 53.0. The number of sulfone groups is 1. The Balaban J connectivity index is 1.08. The molecule has 0 spiro atoms. The molecule has 3 aromatic rings. The van der Waals surface area contributed by atoms with E-state index in [4.69, 9.17) is 33.2 Å². The fraction of sp³-hybridized carbons (Fsp3) is 0.721. The van der Waals surface area contributed by atoms with Gasteiger partial charge >= 0.3 is 5.97 Å². The van der Waals surface area contributed by atoms with E-state index in [2.05, 4.69) is 10.3 Å². The number of imide groups is 1. The number of benzene rings is 2. The quantitative estimate of drug-likeness (QED) is 0.0835. The minimum atomic E-state index is -3.97. The summed E-state index contributed by atoms with van der Waals surface area (Å²) in [7, 11) is 2.55. The molecule has 20 atom stereocenters. The predicted octanol–water partition coefficient (Wildman–Crippen LogP) is 4.07. The van der Waals surface area contributed by atoms with Crippen LogP contribution in [0.1, 0.15) is 139 Å². The van der Waals surface area contributed by atoms with Gasteiger partial charge in [0.05, 0.1) is 69.0 Å². The van der Waals surface area contributed by atoms with Crippen LogP contribution in [0.5, 0.6) is 0 Å². The first-order valence-electron chi connectivity index (χ1n) is 29.9. The number of hydrogen-bond acceptors (Lipinski definition) is 21. The van der Waals surface area contributed by atoms with Gasteiger partial charge in [0.25, 0.3) is 11.8 Å². The number of aliphatic hydroxyl groups is 5. The summed E-state index contributed by atoms with van der Waals surface area (Å²) in [4.78, 5) is 45.0.